The van der Waals surface area contributed by atoms with Crippen molar-refractivity contribution in [3.63, 3.8) is 0 Å². The largest absolute Gasteiger partial charge is 0.451 e. The molecule has 5 nitrogen and oxygen atoms in total. The average Bonchev–Trinajstić information content (AvgIpc) is 2.65. The lowest BCUT2D eigenvalue weighted by atomic mass is 10.1. The van der Waals surface area contributed by atoms with Crippen molar-refractivity contribution in [1.29, 1.82) is 0 Å². The second kappa shape index (κ2) is 6.61. The molecule has 0 radical (unpaired) electrons. The normalized spacial score (nSPS) is 12.3. The summed E-state index contributed by atoms with van der Waals surface area (Å²) in [7, 11) is 1.68. The predicted octanol–water partition coefficient (Wildman–Crippen LogP) is 2.00. The molecule has 0 aliphatic rings. The van der Waals surface area contributed by atoms with Gasteiger partial charge in [-0.1, -0.05) is 25.4 Å². The molecule has 0 spiro atoms. The van der Waals surface area contributed by atoms with Gasteiger partial charge in [0.25, 0.3) is 5.91 Å². The Labute approximate surface area is 117 Å². The zero-order chi connectivity index (χ0) is 14.6. The molecule has 1 atom stereocenters. The standard InChI is InChI=1S/C13H19ClN2O3/c1-8(2)9(3)15-12(17)7-19-13(18)11-5-10(14)6-16(11)4/h5-6,8-9H,7H2,1-4H3,(H,15,17). The van der Waals surface area contributed by atoms with Crippen LogP contribution in [0.5, 0.6) is 0 Å². The average molecular weight is 287 g/mol. The van der Waals surface area contributed by atoms with Gasteiger partial charge in [0.05, 0.1) is 5.02 Å². The minimum absolute atomic E-state index is 0.0377. The third-order valence-corrected chi connectivity index (χ3v) is 3.11. The van der Waals surface area contributed by atoms with Gasteiger partial charge in [0, 0.05) is 19.3 Å². The van der Waals surface area contributed by atoms with Gasteiger partial charge in [-0.05, 0) is 18.9 Å². The Morgan fingerprint density at radius 3 is 2.53 bits per heavy atom. The molecule has 0 aromatic carbocycles. The van der Waals surface area contributed by atoms with Crippen LogP contribution in [-0.2, 0) is 16.6 Å². The molecule has 0 saturated heterocycles. The third kappa shape index (κ3) is 4.59. The van der Waals surface area contributed by atoms with Crippen molar-refractivity contribution >= 4 is 23.5 Å². The first-order chi connectivity index (χ1) is 8.81. The number of rotatable bonds is 5. The number of hydrogen-bond donors (Lipinski definition) is 1. The maximum Gasteiger partial charge on any atom is 0.355 e. The van der Waals surface area contributed by atoms with E-state index in [1.807, 2.05) is 20.8 Å². The third-order valence-electron chi connectivity index (χ3n) is 2.90. The maximum atomic E-state index is 11.7. The second-order valence-electron chi connectivity index (χ2n) is 4.83. The Balaban J connectivity index is 2.47. The topological polar surface area (TPSA) is 60.3 Å². The van der Waals surface area contributed by atoms with Gasteiger partial charge in [0.1, 0.15) is 5.69 Å². The molecule has 19 heavy (non-hydrogen) atoms. The minimum Gasteiger partial charge on any atom is -0.451 e. The quantitative estimate of drug-likeness (QED) is 0.842. The van der Waals surface area contributed by atoms with E-state index in [2.05, 4.69) is 5.32 Å². The number of esters is 1. The first-order valence-electron chi connectivity index (χ1n) is 6.09. The van der Waals surface area contributed by atoms with E-state index in [1.54, 1.807) is 17.8 Å². The highest BCUT2D eigenvalue weighted by Gasteiger charge is 2.16. The Morgan fingerprint density at radius 2 is 2.05 bits per heavy atom. The molecule has 1 rings (SSSR count). The van der Waals surface area contributed by atoms with Crippen molar-refractivity contribution in [2.75, 3.05) is 6.61 Å². The van der Waals surface area contributed by atoms with Gasteiger partial charge in [-0.2, -0.15) is 0 Å². The number of hydrogen-bond acceptors (Lipinski definition) is 3. The van der Waals surface area contributed by atoms with Gasteiger partial charge in [-0.25, -0.2) is 4.79 Å². The van der Waals surface area contributed by atoms with Crippen molar-refractivity contribution in [3.05, 3.63) is 23.0 Å². The van der Waals surface area contributed by atoms with Crippen molar-refractivity contribution in [3.8, 4) is 0 Å². The van der Waals surface area contributed by atoms with Crippen LogP contribution in [0.25, 0.3) is 0 Å². The van der Waals surface area contributed by atoms with E-state index in [9.17, 15) is 9.59 Å². The van der Waals surface area contributed by atoms with Crippen LogP contribution in [0.4, 0.5) is 0 Å². The molecule has 1 aromatic rings. The molecule has 0 fully saturated rings. The highest BCUT2D eigenvalue weighted by molar-refractivity contribution is 6.30. The zero-order valence-corrected chi connectivity index (χ0v) is 12.3. The predicted molar refractivity (Wildman–Crippen MR) is 73.1 cm³/mol. The molecule has 0 aliphatic heterocycles. The number of nitrogens with zero attached hydrogens (tertiary/aromatic N) is 1. The fraction of sp³-hybridized carbons (Fsp3) is 0.538. The first kappa shape index (κ1) is 15.6. The summed E-state index contributed by atoms with van der Waals surface area (Å²) >= 11 is 5.77. The fourth-order valence-corrected chi connectivity index (χ4v) is 1.64. The van der Waals surface area contributed by atoms with Crippen LogP contribution < -0.4 is 5.32 Å². The summed E-state index contributed by atoms with van der Waals surface area (Å²) in [6.07, 6.45) is 1.60. The Hall–Kier alpha value is -1.49. The molecular formula is C13H19ClN2O3. The van der Waals surface area contributed by atoms with Crippen LogP contribution in [0.2, 0.25) is 5.02 Å². The van der Waals surface area contributed by atoms with Crippen molar-refractivity contribution in [2.24, 2.45) is 13.0 Å². The number of amides is 1. The van der Waals surface area contributed by atoms with Gasteiger partial charge in [0.15, 0.2) is 6.61 Å². The molecule has 1 aromatic heterocycles. The van der Waals surface area contributed by atoms with E-state index in [4.69, 9.17) is 16.3 Å². The Bertz CT molecular complexity index is 468. The van der Waals surface area contributed by atoms with Crippen LogP contribution in [0.1, 0.15) is 31.3 Å². The first-order valence-corrected chi connectivity index (χ1v) is 6.47. The smallest absolute Gasteiger partial charge is 0.355 e. The second-order valence-corrected chi connectivity index (χ2v) is 5.27. The molecule has 0 saturated carbocycles. The van der Waals surface area contributed by atoms with E-state index >= 15 is 0 Å². The van der Waals surface area contributed by atoms with Gasteiger partial charge >= 0.3 is 5.97 Å². The minimum atomic E-state index is -0.568. The number of aromatic nitrogens is 1. The van der Waals surface area contributed by atoms with Crippen LogP contribution in [0.3, 0.4) is 0 Å². The molecule has 1 heterocycles. The van der Waals surface area contributed by atoms with Gasteiger partial charge in [-0.3, -0.25) is 4.79 Å². The van der Waals surface area contributed by atoms with Crippen molar-refractivity contribution < 1.29 is 14.3 Å². The summed E-state index contributed by atoms with van der Waals surface area (Å²) in [6, 6.07) is 1.54. The van der Waals surface area contributed by atoms with E-state index in [0.717, 1.165) is 0 Å². The number of halogens is 1. The zero-order valence-electron chi connectivity index (χ0n) is 11.6. The SMILES string of the molecule is CC(C)C(C)NC(=O)COC(=O)c1cc(Cl)cn1C. The number of aryl methyl sites for hydroxylation is 1. The number of nitrogens with one attached hydrogen (secondary N) is 1. The molecule has 1 amide bonds. The van der Waals surface area contributed by atoms with Gasteiger partial charge < -0.3 is 14.6 Å². The van der Waals surface area contributed by atoms with Crippen LogP contribution in [0.15, 0.2) is 12.3 Å². The summed E-state index contributed by atoms with van der Waals surface area (Å²) in [4.78, 5) is 23.3. The van der Waals surface area contributed by atoms with E-state index in [0.29, 0.717) is 16.6 Å². The van der Waals surface area contributed by atoms with Gasteiger partial charge in [-0.15, -0.1) is 0 Å². The molecule has 0 bridgehead atoms. The van der Waals surface area contributed by atoms with E-state index < -0.39 is 5.97 Å². The van der Waals surface area contributed by atoms with Crippen molar-refractivity contribution in [2.45, 2.75) is 26.8 Å². The molecule has 6 heteroatoms. The molecular weight excluding hydrogens is 268 g/mol. The monoisotopic (exact) mass is 286 g/mol. The summed E-state index contributed by atoms with van der Waals surface area (Å²) in [5.74, 6) is -0.553. The highest BCUT2D eigenvalue weighted by Crippen LogP contribution is 2.13. The number of carbonyl (C=O) groups is 2. The maximum absolute atomic E-state index is 11.7. The lowest BCUT2D eigenvalue weighted by Crippen LogP contribution is -2.38. The summed E-state index contributed by atoms with van der Waals surface area (Å²) in [5, 5.41) is 3.21. The Kier molecular flexibility index (Phi) is 5.42. The summed E-state index contributed by atoms with van der Waals surface area (Å²) in [6.45, 7) is 5.62. The van der Waals surface area contributed by atoms with E-state index in [-0.39, 0.29) is 18.6 Å². The molecule has 1 unspecified atom stereocenters. The summed E-state index contributed by atoms with van der Waals surface area (Å²) in [5.41, 5.74) is 0.315. The molecule has 0 aliphatic carbocycles. The summed E-state index contributed by atoms with van der Waals surface area (Å²) < 4.78 is 6.49. The number of carbonyl (C=O) groups excluding carboxylic acids is 2. The van der Waals surface area contributed by atoms with Crippen LogP contribution >= 0.6 is 11.6 Å². The lowest BCUT2D eigenvalue weighted by Gasteiger charge is -2.17. The fourth-order valence-electron chi connectivity index (χ4n) is 1.39. The molecule has 1 N–H and O–H groups in total. The molecule has 106 valence electrons. The highest BCUT2D eigenvalue weighted by atomic mass is 35.5. The lowest BCUT2D eigenvalue weighted by molar-refractivity contribution is -0.125. The van der Waals surface area contributed by atoms with Crippen molar-refractivity contribution in [1.82, 2.24) is 9.88 Å². The van der Waals surface area contributed by atoms with Crippen LogP contribution in [0, 0.1) is 5.92 Å². The van der Waals surface area contributed by atoms with Crippen LogP contribution in [-0.4, -0.2) is 29.1 Å². The van der Waals surface area contributed by atoms with Gasteiger partial charge in [0.2, 0.25) is 0 Å². The Morgan fingerprint density at radius 1 is 1.42 bits per heavy atom. The number of ether oxygens (including phenoxy) is 1. The van der Waals surface area contributed by atoms with E-state index in [1.165, 1.54) is 6.07 Å².